The van der Waals surface area contributed by atoms with E-state index in [-0.39, 0.29) is 42.7 Å². The Labute approximate surface area is 354 Å². The molecular formula is C50H53N3O6S. The Morgan fingerprint density at radius 1 is 0.750 bits per heavy atom. The predicted octanol–water partition coefficient (Wildman–Crippen LogP) is 8.60. The fourth-order valence-corrected chi connectivity index (χ4v) is 8.74. The molecule has 0 spiro atoms. The van der Waals surface area contributed by atoms with Crippen LogP contribution in [0.4, 0.5) is 0 Å². The van der Waals surface area contributed by atoms with Crippen LogP contribution in [0.1, 0.15) is 70.7 Å². The number of hydrogen-bond donors (Lipinski definition) is 3. The molecule has 7 rings (SSSR count). The van der Waals surface area contributed by atoms with Crippen molar-refractivity contribution in [1.29, 1.82) is 0 Å². The molecule has 5 atom stereocenters. The van der Waals surface area contributed by atoms with Gasteiger partial charge in [-0.3, -0.25) is 9.69 Å². The number of aliphatic hydroxyl groups is 1. The zero-order valence-corrected chi connectivity index (χ0v) is 35.1. The SMILES string of the molecule is Cc1ccc(S(=O)(=O)N[C@H](Cc2ccccc2)C(=O)NCc2cccc(-c3cccc([C@@H]4O[C@H](CN(C)[C@@H](C)c5ccccc5)C[C@H](c5ccc(CO)cc5)O4)c3)c2)cc1. The van der Waals surface area contributed by atoms with E-state index in [0.29, 0.717) is 13.0 Å². The van der Waals surface area contributed by atoms with E-state index in [2.05, 4.69) is 59.2 Å². The molecule has 0 aliphatic carbocycles. The normalized spacial score (nSPS) is 17.9. The van der Waals surface area contributed by atoms with Gasteiger partial charge in [0.15, 0.2) is 6.29 Å². The number of hydrogen-bond acceptors (Lipinski definition) is 7. The van der Waals surface area contributed by atoms with Crippen LogP contribution < -0.4 is 10.0 Å². The number of aliphatic hydroxyl groups excluding tert-OH is 1. The minimum atomic E-state index is -3.97. The van der Waals surface area contributed by atoms with Crippen molar-refractivity contribution in [2.45, 2.75) is 75.3 Å². The van der Waals surface area contributed by atoms with E-state index in [1.807, 2.05) is 110 Å². The van der Waals surface area contributed by atoms with Crippen molar-refractivity contribution >= 4 is 15.9 Å². The second kappa shape index (κ2) is 19.7. The lowest BCUT2D eigenvalue weighted by atomic mass is 9.98. The average molecular weight is 824 g/mol. The molecule has 60 heavy (non-hydrogen) atoms. The fourth-order valence-electron chi connectivity index (χ4n) is 7.55. The zero-order chi connectivity index (χ0) is 42.1. The third-order valence-electron chi connectivity index (χ3n) is 11.2. The smallest absolute Gasteiger partial charge is 0.241 e. The van der Waals surface area contributed by atoms with Gasteiger partial charge in [-0.05, 0) is 90.5 Å². The van der Waals surface area contributed by atoms with Gasteiger partial charge in [-0.25, -0.2) is 8.42 Å². The molecule has 6 aromatic rings. The van der Waals surface area contributed by atoms with Crippen molar-refractivity contribution in [3.63, 3.8) is 0 Å². The largest absolute Gasteiger partial charge is 0.392 e. The van der Waals surface area contributed by atoms with Gasteiger partial charge >= 0.3 is 0 Å². The number of amides is 1. The number of carbonyl (C=O) groups is 1. The quantitative estimate of drug-likeness (QED) is 0.0896. The van der Waals surface area contributed by atoms with Crippen LogP contribution in [0, 0.1) is 6.92 Å². The summed E-state index contributed by atoms with van der Waals surface area (Å²) in [5.74, 6) is -0.424. The maximum absolute atomic E-state index is 13.7. The van der Waals surface area contributed by atoms with Gasteiger partial charge in [0.25, 0.3) is 0 Å². The Kier molecular flexibility index (Phi) is 14.0. The Bertz CT molecular complexity index is 2430. The molecule has 1 saturated heterocycles. The van der Waals surface area contributed by atoms with Crippen molar-refractivity contribution < 1.29 is 27.8 Å². The van der Waals surface area contributed by atoms with Crippen LogP contribution in [0.5, 0.6) is 0 Å². The predicted molar refractivity (Wildman–Crippen MR) is 235 cm³/mol. The van der Waals surface area contributed by atoms with Gasteiger partial charge in [0.1, 0.15) is 6.04 Å². The van der Waals surface area contributed by atoms with Crippen molar-refractivity contribution in [3.8, 4) is 11.1 Å². The molecule has 1 aliphatic heterocycles. The summed E-state index contributed by atoms with van der Waals surface area (Å²) in [6, 6.07) is 49.5. The summed E-state index contributed by atoms with van der Waals surface area (Å²) in [5.41, 5.74) is 8.55. The third kappa shape index (κ3) is 11.0. The average Bonchev–Trinajstić information content (AvgIpc) is 3.28. The molecule has 1 heterocycles. The Hall–Kier alpha value is -5.46. The number of carbonyl (C=O) groups excluding carboxylic acids is 1. The van der Waals surface area contributed by atoms with Crippen LogP contribution in [-0.2, 0) is 43.9 Å². The van der Waals surface area contributed by atoms with E-state index in [4.69, 9.17) is 9.47 Å². The first kappa shape index (κ1) is 42.7. The van der Waals surface area contributed by atoms with Crippen LogP contribution in [0.2, 0.25) is 0 Å². The van der Waals surface area contributed by atoms with Crippen molar-refractivity contribution in [1.82, 2.24) is 14.9 Å². The minimum Gasteiger partial charge on any atom is -0.392 e. The molecule has 0 radical (unpaired) electrons. The summed E-state index contributed by atoms with van der Waals surface area (Å²) < 4.78 is 42.9. The summed E-state index contributed by atoms with van der Waals surface area (Å²) in [7, 11) is -1.85. The molecule has 0 unspecified atom stereocenters. The van der Waals surface area contributed by atoms with Crippen LogP contribution >= 0.6 is 0 Å². The topological polar surface area (TPSA) is 117 Å². The van der Waals surface area contributed by atoms with Crippen LogP contribution in [0.15, 0.2) is 163 Å². The number of likely N-dealkylation sites (N-methyl/N-ethyl adjacent to an activating group) is 1. The zero-order valence-electron chi connectivity index (χ0n) is 34.3. The minimum absolute atomic E-state index is 0.0203. The van der Waals surface area contributed by atoms with E-state index in [1.54, 1.807) is 24.3 Å². The Balaban J connectivity index is 1.07. The summed E-state index contributed by atoms with van der Waals surface area (Å²) in [6.45, 7) is 4.98. The number of sulfonamides is 1. The van der Waals surface area contributed by atoms with E-state index in [0.717, 1.165) is 44.5 Å². The highest BCUT2D eigenvalue weighted by Gasteiger charge is 2.34. The number of benzene rings is 6. The van der Waals surface area contributed by atoms with E-state index in [9.17, 15) is 18.3 Å². The first-order valence-electron chi connectivity index (χ1n) is 20.4. The van der Waals surface area contributed by atoms with Crippen molar-refractivity contribution in [2.75, 3.05) is 13.6 Å². The van der Waals surface area contributed by atoms with E-state index >= 15 is 0 Å². The second-order valence-corrected chi connectivity index (χ2v) is 17.3. The highest BCUT2D eigenvalue weighted by atomic mass is 32.2. The summed E-state index contributed by atoms with van der Waals surface area (Å²) in [5, 5.41) is 12.6. The number of aryl methyl sites for hydroxylation is 1. The van der Waals surface area contributed by atoms with Crippen LogP contribution in [0.3, 0.4) is 0 Å². The number of rotatable bonds is 16. The highest BCUT2D eigenvalue weighted by Crippen LogP contribution is 2.39. The second-order valence-electron chi connectivity index (χ2n) is 15.6. The highest BCUT2D eigenvalue weighted by molar-refractivity contribution is 7.89. The fraction of sp³-hybridized carbons (Fsp3) is 0.260. The van der Waals surface area contributed by atoms with Crippen molar-refractivity contribution in [2.24, 2.45) is 0 Å². The van der Waals surface area contributed by atoms with Gasteiger partial charge in [-0.1, -0.05) is 139 Å². The first-order chi connectivity index (χ1) is 29.0. The van der Waals surface area contributed by atoms with Crippen LogP contribution in [0.25, 0.3) is 11.1 Å². The molecule has 6 aromatic carbocycles. The van der Waals surface area contributed by atoms with Gasteiger partial charge in [0.2, 0.25) is 15.9 Å². The molecule has 1 aliphatic rings. The molecular weight excluding hydrogens is 771 g/mol. The van der Waals surface area contributed by atoms with Gasteiger partial charge in [-0.15, -0.1) is 0 Å². The monoisotopic (exact) mass is 823 g/mol. The molecule has 310 valence electrons. The molecule has 10 heteroatoms. The number of nitrogens with one attached hydrogen (secondary N) is 2. The van der Waals surface area contributed by atoms with Crippen molar-refractivity contribution in [3.05, 3.63) is 197 Å². The molecule has 1 fully saturated rings. The standard InChI is InChI=1S/C50H53N3O6S/c1-35-20-26-46(27-21-35)60(56,57)52-47(29-37-12-6-4-7-13-37)49(55)51-32-39-14-10-17-42(28-39)43-18-11-19-44(30-43)50-58-45(33-53(3)36(2)40-15-8-5-9-16-40)31-48(59-50)41-24-22-38(34-54)23-25-41/h4-28,30,36,45,47-48,50,52,54H,29,31-34H2,1-3H3,(H,51,55)/t36-,45-,47+,48+,50+/m0/s1. The molecule has 9 nitrogen and oxygen atoms in total. The van der Waals surface area contributed by atoms with Gasteiger partial charge in [0.05, 0.1) is 23.7 Å². The van der Waals surface area contributed by atoms with E-state index in [1.165, 1.54) is 5.56 Å². The third-order valence-corrected chi connectivity index (χ3v) is 12.7. The summed E-state index contributed by atoms with van der Waals surface area (Å²) in [6.07, 6.45) is -0.101. The maximum atomic E-state index is 13.7. The lowest BCUT2D eigenvalue weighted by Crippen LogP contribution is -2.47. The molecule has 0 bridgehead atoms. The number of ether oxygens (including phenoxy) is 2. The van der Waals surface area contributed by atoms with E-state index < -0.39 is 28.3 Å². The van der Waals surface area contributed by atoms with Gasteiger partial charge in [0, 0.05) is 31.1 Å². The molecule has 3 N–H and O–H groups in total. The molecule has 0 aromatic heterocycles. The lowest BCUT2D eigenvalue weighted by Gasteiger charge is -2.39. The molecule has 1 amide bonds. The molecule has 0 saturated carbocycles. The van der Waals surface area contributed by atoms with Gasteiger partial charge < -0.3 is 19.9 Å². The number of nitrogens with zero attached hydrogens (tertiary/aromatic N) is 1. The summed E-state index contributed by atoms with van der Waals surface area (Å²) >= 11 is 0. The summed E-state index contributed by atoms with van der Waals surface area (Å²) in [4.78, 5) is 16.2. The Morgan fingerprint density at radius 2 is 1.40 bits per heavy atom. The first-order valence-corrected chi connectivity index (χ1v) is 21.9. The van der Waals surface area contributed by atoms with Gasteiger partial charge in [-0.2, -0.15) is 4.72 Å². The lowest BCUT2D eigenvalue weighted by molar-refractivity contribution is -0.253. The maximum Gasteiger partial charge on any atom is 0.241 e. The Morgan fingerprint density at radius 3 is 2.10 bits per heavy atom. The van der Waals surface area contributed by atoms with Crippen LogP contribution in [-0.4, -0.2) is 50.1 Å².